The molecule has 72 valence electrons. The van der Waals surface area contributed by atoms with Crippen LogP contribution in [0.4, 0.5) is 0 Å². The van der Waals surface area contributed by atoms with E-state index in [0.29, 0.717) is 0 Å². The fourth-order valence-electron chi connectivity index (χ4n) is 0.885. The Morgan fingerprint density at radius 1 is 1.29 bits per heavy atom. The molecular weight excluding hydrogens is 212 g/mol. The van der Waals surface area contributed by atoms with E-state index in [2.05, 4.69) is 34.6 Å². The second-order valence-electron chi connectivity index (χ2n) is 2.41. The summed E-state index contributed by atoms with van der Waals surface area (Å²) in [5.41, 5.74) is 1.17. The highest BCUT2D eigenvalue weighted by Crippen LogP contribution is 2.14. The monoisotopic (exact) mass is 222 g/mol. The molecule has 1 unspecified atom stereocenters. The van der Waals surface area contributed by atoms with Gasteiger partial charge in [-0.25, -0.2) is 10.4 Å². The van der Waals surface area contributed by atoms with E-state index in [9.17, 15) is 0 Å². The summed E-state index contributed by atoms with van der Waals surface area (Å²) >= 11 is 8.32. The molecule has 1 aromatic rings. The molecule has 1 N–H and O–H groups in total. The van der Waals surface area contributed by atoms with Crippen molar-refractivity contribution in [3.63, 3.8) is 0 Å². The Kier molecular flexibility index (Phi) is 7.71. The van der Waals surface area contributed by atoms with E-state index in [0.717, 1.165) is 0 Å². The third kappa shape index (κ3) is 5.46. The lowest BCUT2D eigenvalue weighted by atomic mass is 10.1. The smallest absolute Gasteiger partial charge is 0.0824 e. The molecule has 4 heteroatoms. The Bertz CT molecular complexity index is 336. The maximum Gasteiger partial charge on any atom is 0.0824 e. The molecule has 0 fully saturated rings. The van der Waals surface area contributed by atoms with Gasteiger partial charge in [-0.3, -0.25) is 0 Å². The lowest BCUT2D eigenvalue weighted by molar-refractivity contribution is 0.828. The molecule has 1 atom stereocenters. The summed E-state index contributed by atoms with van der Waals surface area (Å²) in [4.78, 5) is 3.96. The molecule has 0 saturated carbocycles. The molecule has 2 nitrogen and oxygen atoms in total. The lowest BCUT2D eigenvalue weighted by Gasteiger charge is -2.02. The van der Waals surface area contributed by atoms with Crippen molar-refractivity contribution in [2.75, 3.05) is 0 Å². The molecule has 0 aromatic heterocycles. The number of hydrogen-bond acceptors (Lipinski definition) is 4. The molecule has 0 heterocycles. The van der Waals surface area contributed by atoms with Crippen LogP contribution in [0.25, 0.3) is 0 Å². The average molecular weight is 222 g/mol. The number of rotatable bonds is 2. The third-order valence-corrected chi connectivity index (χ3v) is 1.63. The highest BCUT2D eigenvalue weighted by atomic mass is 32.1. The minimum absolute atomic E-state index is 0.133. The first kappa shape index (κ1) is 12.8. The van der Waals surface area contributed by atoms with Gasteiger partial charge in [0.15, 0.2) is 0 Å². The van der Waals surface area contributed by atoms with Gasteiger partial charge >= 0.3 is 0 Å². The molecule has 0 aliphatic carbocycles. The minimum atomic E-state index is 0.133. The number of benzene rings is 1. The number of isothiocyanates is 2. The van der Waals surface area contributed by atoms with Gasteiger partial charge in [0.2, 0.25) is 0 Å². The zero-order chi connectivity index (χ0) is 10.8. The Labute approximate surface area is 94.2 Å². The van der Waals surface area contributed by atoms with E-state index < -0.39 is 0 Å². The van der Waals surface area contributed by atoms with E-state index in [1.165, 1.54) is 5.56 Å². The lowest BCUT2D eigenvalue weighted by Crippen LogP contribution is -1.86. The van der Waals surface area contributed by atoms with Crippen LogP contribution in [0.3, 0.4) is 0 Å². The molecule has 0 bridgehead atoms. The van der Waals surface area contributed by atoms with E-state index in [4.69, 9.17) is 5.41 Å². The van der Waals surface area contributed by atoms with E-state index in [1.807, 2.05) is 37.3 Å². The van der Waals surface area contributed by atoms with Crippen LogP contribution in [0.5, 0.6) is 0 Å². The van der Waals surface area contributed by atoms with Gasteiger partial charge < -0.3 is 0 Å². The van der Waals surface area contributed by atoms with Crippen molar-refractivity contribution in [1.82, 2.24) is 0 Å². The molecule has 0 aliphatic heterocycles. The number of thiocarbonyl (C=S) groups is 2. The summed E-state index contributed by atoms with van der Waals surface area (Å²) in [6.45, 7) is 1.99. The Hall–Kier alpha value is -1.18. The number of aliphatic imine (C=N–C) groups is 1. The van der Waals surface area contributed by atoms with Gasteiger partial charge in [-0.05, 0) is 36.9 Å². The van der Waals surface area contributed by atoms with E-state index in [1.54, 1.807) is 5.16 Å². The zero-order valence-corrected chi connectivity index (χ0v) is 9.36. The van der Waals surface area contributed by atoms with Crippen LogP contribution in [0.1, 0.15) is 18.5 Å². The second kappa shape index (κ2) is 8.42. The van der Waals surface area contributed by atoms with Crippen molar-refractivity contribution in [2.24, 2.45) is 4.99 Å². The van der Waals surface area contributed by atoms with Gasteiger partial charge in [-0.2, -0.15) is 0 Å². The molecule has 0 aliphatic rings. The predicted molar refractivity (Wildman–Crippen MR) is 65.2 cm³/mol. The highest BCUT2D eigenvalue weighted by Gasteiger charge is 1.98. The first-order valence-electron chi connectivity index (χ1n) is 3.92. The third-order valence-electron chi connectivity index (χ3n) is 1.53. The predicted octanol–water partition coefficient (Wildman–Crippen LogP) is 3.52. The number of nitrogens with one attached hydrogen (secondary N) is 1. The molecule has 1 rings (SSSR count). The summed E-state index contributed by atoms with van der Waals surface area (Å²) in [5.74, 6) is 0. The average Bonchev–Trinajstić information content (AvgIpc) is 2.21. The van der Waals surface area contributed by atoms with Crippen LogP contribution >= 0.6 is 24.4 Å². The SMILES string of the molecule is CC(N=C=S)c1ccccc1.N=C=S. The first-order chi connectivity index (χ1) is 6.76. The van der Waals surface area contributed by atoms with Crippen molar-refractivity contribution in [3.05, 3.63) is 35.9 Å². The molecule has 0 spiro atoms. The minimum Gasteiger partial charge on any atom is -0.248 e. The quantitative estimate of drug-likeness (QED) is 0.614. The fraction of sp³-hybridized carbons (Fsp3) is 0.200. The van der Waals surface area contributed by atoms with Crippen LogP contribution in [0.15, 0.2) is 35.3 Å². The van der Waals surface area contributed by atoms with Gasteiger partial charge in [-0.15, -0.1) is 0 Å². The van der Waals surface area contributed by atoms with E-state index >= 15 is 0 Å². The zero-order valence-electron chi connectivity index (χ0n) is 7.73. The van der Waals surface area contributed by atoms with Crippen LogP contribution in [-0.2, 0) is 0 Å². The summed E-state index contributed by atoms with van der Waals surface area (Å²) in [6.07, 6.45) is 0. The molecule has 14 heavy (non-hydrogen) atoms. The van der Waals surface area contributed by atoms with Gasteiger partial charge in [0.25, 0.3) is 0 Å². The second-order valence-corrected chi connectivity index (χ2v) is 2.80. The van der Waals surface area contributed by atoms with Gasteiger partial charge in [-0.1, -0.05) is 30.3 Å². The number of nitrogens with zero attached hydrogens (tertiary/aromatic N) is 1. The van der Waals surface area contributed by atoms with Crippen LogP contribution in [-0.4, -0.2) is 10.3 Å². The fourth-order valence-corrected chi connectivity index (χ4v) is 1.04. The van der Waals surface area contributed by atoms with Gasteiger partial charge in [0.1, 0.15) is 0 Å². The van der Waals surface area contributed by atoms with E-state index in [-0.39, 0.29) is 6.04 Å². The van der Waals surface area contributed by atoms with Crippen molar-refractivity contribution >= 4 is 34.8 Å². The Morgan fingerprint density at radius 2 is 1.79 bits per heavy atom. The highest BCUT2D eigenvalue weighted by molar-refractivity contribution is 7.78. The van der Waals surface area contributed by atoms with Crippen molar-refractivity contribution in [1.29, 1.82) is 5.41 Å². The van der Waals surface area contributed by atoms with Crippen LogP contribution in [0.2, 0.25) is 0 Å². The maximum absolute atomic E-state index is 5.77. The molecule has 0 saturated heterocycles. The van der Waals surface area contributed by atoms with Gasteiger partial charge in [0, 0.05) is 0 Å². The largest absolute Gasteiger partial charge is 0.248 e. The maximum atomic E-state index is 5.77. The summed E-state index contributed by atoms with van der Waals surface area (Å²) in [6, 6.07) is 10.2. The molecular formula is C10H10N2S2. The summed E-state index contributed by atoms with van der Waals surface area (Å²) in [5, 5.41) is 9.73. The van der Waals surface area contributed by atoms with Crippen molar-refractivity contribution in [3.8, 4) is 0 Å². The topological polar surface area (TPSA) is 36.2 Å². The van der Waals surface area contributed by atoms with Crippen molar-refractivity contribution in [2.45, 2.75) is 13.0 Å². The molecule has 0 radical (unpaired) electrons. The summed E-state index contributed by atoms with van der Waals surface area (Å²) < 4.78 is 0. The Morgan fingerprint density at radius 3 is 2.21 bits per heavy atom. The normalized spacial score (nSPS) is 9.79. The first-order valence-corrected chi connectivity index (χ1v) is 4.73. The van der Waals surface area contributed by atoms with Crippen LogP contribution in [0, 0.1) is 5.41 Å². The van der Waals surface area contributed by atoms with Crippen molar-refractivity contribution < 1.29 is 0 Å². The van der Waals surface area contributed by atoms with Gasteiger partial charge in [0.05, 0.1) is 16.4 Å². The molecule has 0 amide bonds. The molecule has 1 aromatic carbocycles. The number of hydrogen-bond donors (Lipinski definition) is 1. The standard InChI is InChI=1S/C9H9NS.CHNS/c1-8(10-7-11)9-5-3-2-4-6-9;2-1-3/h2-6,8H,1H3;2H. The van der Waals surface area contributed by atoms with Crippen LogP contribution < -0.4 is 0 Å². The summed E-state index contributed by atoms with van der Waals surface area (Å²) in [7, 11) is 0. The Balaban J connectivity index is 0.000000500.